The topological polar surface area (TPSA) is 92.5 Å². The molecular formula is C11H13FN2O4. The summed E-state index contributed by atoms with van der Waals surface area (Å²) in [6, 6.07) is 1.35. The first-order valence-corrected chi connectivity index (χ1v) is 5.23. The zero-order valence-electron chi connectivity index (χ0n) is 9.94. The van der Waals surface area contributed by atoms with Gasteiger partial charge in [0.05, 0.1) is 11.5 Å². The molecule has 0 aliphatic heterocycles. The van der Waals surface area contributed by atoms with Crippen molar-refractivity contribution in [1.82, 2.24) is 5.32 Å². The Hall–Kier alpha value is -2.02. The highest BCUT2D eigenvalue weighted by Crippen LogP contribution is 2.21. The van der Waals surface area contributed by atoms with E-state index in [1.165, 1.54) is 6.92 Å². The second-order valence-electron chi connectivity index (χ2n) is 3.93. The van der Waals surface area contributed by atoms with Gasteiger partial charge in [-0.1, -0.05) is 0 Å². The number of nitrogens with zero attached hydrogens (tertiary/aromatic N) is 1. The highest BCUT2D eigenvalue weighted by atomic mass is 19.1. The second-order valence-corrected chi connectivity index (χ2v) is 3.93. The van der Waals surface area contributed by atoms with Gasteiger partial charge in [-0.3, -0.25) is 14.9 Å². The summed E-state index contributed by atoms with van der Waals surface area (Å²) in [5, 5.41) is 21.8. The number of aryl methyl sites for hydroxylation is 1. The minimum absolute atomic E-state index is 0.0170. The zero-order valence-corrected chi connectivity index (χ0v) is 9.94. The summed E-state index contributed by atoms with van der Waals surface area (Å²) in [4.78, 5) is 21.4. The van der Waals surface area contributed by atoms with Crippen molar-refractivity contribution in [2.75, 3.05) is 6.61 Å². The van der Waals surface area contributed by atoms with Crippen LogP contribution in [0.15, 0.2) is 12.1 Å². The van der Waals surface area contributed by atoms with Crippen LogP contribution in [0.4, 0.5) is 10.1 Å². The third-order valence-corrected chi connectivity index (χ3v) is 2.39. The van der Waals surface area contributed by atoms with Gasteiger partial charge in [0.1, 0.15) is 0 Å². The average Bonchev–Trinajstić information content (AvgIpc) is 2.27. The molecule has 18 heavy (non-hydrogen) atoms. The van der Waals surface area contributed by atoms with Crippen molar-refractivity contribution in [2.24, 2.45) is 0 Å². The molecule has 0 heterocycles. The van der Waals surface area contributed by atoms with Crippen molar-refractivity contribution in [3.63, 3.8) is 0 Å². The van der Waals surface area contributed by atoms with E-state index in [-0.39, 0.29) is 12.2 Å². The number of hydrogen-bond acceptors (Lipinski definition) is 4. The van der Waals surface area contributed by atoms with Crippen LogP contribution in [0.1, 0.15) is 22.8 Å². The van der Waals surface area contributed by atoms with Crippen LogP contribution in [0.25, 0.3) is 0 Å². The fourth-order valence-corrected chi connectivity index (χ4v) is 1.39. The summed E-state index contributed by atoms with van der Waals surface area (Å²) < 4.78 is 13.3. The van der Waals surface area contributed by atoms with Crippen LogP contribution in [0, 0.1) is 22.9 Å². The number of carbonyl (C=O) groups is 1. The molecule has 0 saturated carbocycles. The Kier molecular flexibility index (Phi) is 4.33. The zero-order chi connectivity index (χ0) is 13.9. The molecule has 0 bridgehead atoms. The number of rotatable bonds is 4. The molecule has 1 aromatic carbocycles. The van der Waals surface area contributed by atoms with Gasteiger partial charge in [-0.05, 0) is 25.5 Å². The smallest absolute Gasteiger partial charge is 0.305 e. The second kappa shape index (κ2) is 5.54. The third kappa shape index (κ3) is 3.01. The van der Waals surface area contributed by atoms with Crippen molar-refractivity contribution in [3.05, 3.63) is 39.2 Å². The fourth-order valence-electron chi connectivity index (χ4n) is 1.39. The fraction of sp³-hybridized carbons (Fsp3) is 0.364. The van der Waals surface area contributed by atoms with E-state index in [0.717, 1.165) is 12.1 Å². The molecule has 2 N–H and O–H groups in total. The molecule has 0 aromatic heterocycles. The molecule has 1 rings (SSSR count). The quantitative estimate of drug-likeness (QED) is 0.624. The number of amides is 1. The lowest BCUT2D eigenvalue weighted by molar-refractivity contribution is -0.387. The van der Waals surface area contributed by atoms with E-state index >= 15 is 0 Å². The number of aliphatic hydroxyl groups excluding tert-OH is 1. The van der Waals surface area contributed by atoms with Gasteiger partial charge in [-0.15, -0.1) is 0 Å². The Labute approximate surface area is 103 Å². The van der Waals surface area contributed by atoms with E-state index in [9.17, 15) is 19.3 Å². The summed E-state index contributed by atoms with van der Waals surface area (Å²) >= 11 is 0. The lowest BCUT2D eigenvalue weighted by Gasteiger charge is -2.12. The molecule has 0 saturated heterocycles. The van der Waals surface area contributed by atoms with Crippen LogP contribution in [0.2, 0.25) is 0 Å². The van der Waals surface area contributed by atoms with Crippen LogP contribution in [-0.2, 0) is 0 Å². The Morgan fingerprint density at radius 2 is 2.22 bits per heavy atom. The van der Waals surface area contributed by atoms with E-state index in [2.05, 4.69) is 5.32 Å². The molecular weight excluding hydrogens is 243 g/mol. The number of carbonyl (C=O) groups excluding carboxylic acids is 1. The molecule has 1 aromatic rings. The number of hydrogen-bond donors (Lipinski definition) is 2. The monoisotopic (exact) mass is 256 g/mol. The number of nitrogens with one attached hydrogen (secondary N) is 1. The van der Waals surface area contributed by atoms with Gasteiger partial charge in [0.25, 0.3) is 5.91 Å². The van der Waals surface area contributed by atoms with Crippen molar-refractivity contribution in [3.8, 4) is 0 Å². The average molecular weight is 256 g/mol. The summed E-state index contributed by atoms with van der Waals surface area (Å²) in [5.74, 6) is -1.57. The standard InChI is InChI=1S/C11H13FN2O4/c1-6-3-9(12)10(14(17)18)4-8(6)11(16)13-7(2)5-15/h3-4,7,15H,5H2,1-2H3,(H,13,16)/t7-/m1/s1. The van der Waals surface area contributed by atoms with Gasteiger partial charge in [0, 0.05) is 17.7 Å². The van der Waals surface area contributed by atoms with E-state index in [4.69, 9.17) is 5.11 Å². The molecule has 0 spiro atoms. The van der Waals surface area contributed by atoms with Crippen molar-refractivity contribution in [2.45, 2.75) is 19.9 Å². The minimum atomic E-state index is -0.982. The van der Waals surface area contributed by atoms with Gasteiger partial charge < -0.3 is 10.4 Å². The van der Waals surface area contributed by atoms with Gasteiger partial charge in [0.2, 0.25) is 5.82 Å². The minimum Gasteiger partial charge on any atom is -0.394 e. The van der Waals surface area contributed by atoms with Gasteiger partial charge in [-0.25, -0.2) is 0 Å². The molecule has 0 aliphatic carbocycles. The van der Waals surface area contributed by atoms with E-state index in [1.54, 1.807) is 6.92 Å². The maximum atomic E-state index is 13.3. The molecule has 0 unspecified atom stereocenters. The number of aliphatic hydroxyl groups is 1. The number of halogens is 1. The van der Waals surface area contributed by atoms with Crippen LogP contribution >= 0.6 is 0 Å². The summed E-state index contributed by atoms with van der Waals surface area (Å²) in [6.45, 7) is 2.80. The Morgan fingerprint density at radius 3 is 2.72 bits per heavy atom. The van der Waals surface area contributed by atoms with Gasteiger partial charge in [0.15, 0.2) is 0 Å². The predicted molar refractivity (Wildman–Crippen MR) is 61.8 cm³/mol. The molecule has 7 heteroatoms. The SMILES string of the molecule is Cc1cc(F)c([N+](=O)[O-])cc1C(=O)N[C@H](C)CO. The molecule has 0 fully saturated rings. The summed E-state index contributed by atoms with van der Waals surface area (Å²) in [6.07, 6.45) is 0. The number of benzene rings is 1. The maximum absolute atomic E-state index is 13.3. The van der Waals surface area contributed by atoms with Crippen molar-refractivity contribution in [1.29, 1.82) is 0 Å². The van der Waals surface area contributed by atoms with E-state index < -0.39 is 28.4 Å². The van der Waals surface area contributed by atoms with Gasteiger partial charge >= 0.3 is 5.69 Å². The first kappa shape index (κ1) is 14.0. The number of nitro groups is 1. The molecule has 0 radical (unpaired) electrons. The summed E-state index contributed by atoms with van der Waals surface area (Å²) in [5.41, 5.74) is -0.438. The Bertz CT molecular complexity index is 490. The first-order chi connectivity index (χ1) is 8.36. The lowest BCUT2D eigenvalue weighted by Crippen LogP contribution is -2.35. The van der Waals surface area contributed by atoms with Crippen molar-refractivity contribution < 1.29 is 19.2 Å². The van der Waals surface area contributed by atoms with Crippen LogP contribution in [0.5, 0.6) is 0 Å². The predicted octanol–water partition coefficient (Wildman–Crippen LogP) is 1.15. The Balaban J connectivity index is 3.12. The molecule has 1 amide bonds. The van der Waals surface area contributed by atoms with E-state index in [1.807, 2.05) is 0 Å². The van der Waals surface area contributed by atoms with Crippen LogP contribution in [-0.4, -0.2) is 28.6 Å². The maximum Gasteiger partial charge on any atom is 0.305 e. The van der Waals surface area contributed by atoms with E-state index in [0.29, 0.717) is 5.56 Å². The van der Waals surface area contributed by atoms with Crippen LogP contribution in [0.3, 0.4) is 0 Å². The highest BCUT2D eigenvalue weighted by molar-refractivity contribution is 5.96. The van der Waals surface area contributed by atoms with Crippen molar-refractivity contribution >= 4 is 11.6 Å². The molecule has 6 nitrogen and oxygen atoms in total. The normalized spacial score (nSPS) is 12.0. The molecule has 1 atom stereocenters. The molecule has 0 aliphatic rings. The molecule has 98 valence electrons. The summed E-state index contributed by atoms with van der Waals surface area (Å²) in [7, 11) is 0. The highest BCUT2D eigenvalue weighted by Gasteiger charge is 2.20. The Morgan fingerprint density at radius 1 is 1.61 bits per heavy atom. The number of nitro benzene ring substituents is 1. The van der Waals surface area contributed by atoms with Gasteiger partial charge in [-0.2, -0.15) is 4.39 Å². The lowest BCUT2D eigenvalue weighted by atomic mass is 10.1. The first-order valence-electron chi connectivity index (χ1n) is 5.23. The third-order valence-electron chi connectivity index (χ3n) is 2.39. The largest absolute Gasteiger partial charge is 0.394 e. The van der Waals surface area contributed by atoms with Crippen LogP contribution < -0.4 is 5.32 Å².